The molecule has 0 spiro atoms. The van der Waals surface area contributed by atoms with Gasteiger partial charge < -0.3 is 9.80 Å². The fourth-order valence-corrected chi connectivity index (χ4v) is 3.29. The maximum absolute atomic E-state index is 12.5. The molecule has 1 aliphatic heterocycles. The van der Waals surface area contributed by atoms with E-state index in [1.165, 1.54) is 6.07 Å². The molecule has 1 aliphatic rings. The summed E-state index contributed by atoms with van der Waals surface area (Å²) in [5.74, 6) is -0.0787. The van der Waals surface area contributed by atoms with Crippen molar-refractivity contribution in [2.45, 2.75) is 0 Å². The average molecular weight is 380 g/mol. The Balaban J connectivity index is 1.73. The molecule has 0 aromatic heterocycles. The Hall–Kier alpha value is -2.31. The highest BCUT2D eigenvalue weighted by Crippen LogP contribution is 2.35. The quantitative estimate of drug-likeness (QED) is 0.599. The molecule has 1 amide bonds. The summed E-state index contributed by atoms with van der Waals surface area (Å²) < 4.78 is 0. The molecule has 3 rings (SSSR count). The van der Waals surface area contributed by atoms with Crippen LogP contribution in [0.1, 0.15) is 10.4 Å². The van der Waals surface area contributed by atoms with Gasteiger partial charge in [-0.25, -0.2) is 0 Å². The summed E-state index contributed by atoms with van der Waals surface area (Å²) in [7, 11) is 0. The van der Waals surface area contributed by atoms with E-state index in [4.69, 9.17) is 23.2 Å². The van der Waals surface area contributed by atoms with E-state index in [0.29, 0.717) is 47.5 Å². The van der Waals surface area contributed by atoms with E-state index in [9.17, 15) is 14.9 Å². The summed E-state index contributed by atoms with van der Waals surface area (Å²) in [4.78, 5) is 26.9. The number of carbonyl (C=O) groups is 1. The standard InChI is InChI=1S/C17H15Cl2N3O3/c18-13-6-4-12(5-7-13)17(23)21-10-8-20(9-11-21)16-14(19)2-1-3-15(16)22(24)25/h1-7H,8-11H2. The largest absolute Gasteiger partial charge is 0.361 e. The number of hydrogen-bond donors (Lipinski definition) is 0. The molecule has 2 aromatic carbocycles. The number of halogens is 2. The van der Waals surface area contributed by atoms with Crippen molar-refractivity contribution in [3.8, 4) is 0 Å². The van der Waals surface area contributed by atoms with Crippen molar-refractivity contribution in [1.29, 1.82) is 0 Å². The summed E-state index contributed by atoms with van der Waals surface area (Å²) in [5.41, 5.74) is 0.958. The first kappa shape index (κ1) is 17.5. The maximum Gasteiger partial charge on any atom is 0.294 e. The van der Waals surface area contributed by atoms with Gasteiger partial charge in [0.1, 0.15) is 5.69 Å². The second kappa shape index (κ2) is 7.29. The average Bonchev–Trinajstić information content (AvgIpc) is 2.61. The van der Waals surface area contributed by atoms with Crippen LogP contribution >= 0.6 is 23.2 Å². The minimum Gasteiger partial charge on any atom is -0.361 e. The van der Waals surface area contributed by atoms with Crippen LogP contribution in [0.25, 0.3) is 0 Å². The first-order valence-electron chi connectivity index (χ1n) is 7.70. The lowest BCUT2D eigenvalue weighted by molar-refractivity contribution is -0.384. The summed E-state index contributed by atoms with van der Waals surface area (Å²) in [6, 6.07) is 11.4. The predicted molar refractivity (Wildman–Crippen MR) is 97.7 cm³/mol. The van der Waals surface area contributed by atoms with Crippen LogP contribution in [0.5, 0.6) is 0 Å². The summed E-state index contributed by atoms with van der Waals surface area (Å²) in [6.45, 7) is 1.88. The van der Waals surface area contributed by atoms with Gasteiger partial charge in [-0.3, -0.25) is 14.9 Å². The maximum atomic E-state index is 12.5. The lowest BCUT2D eigenvalue weighted by Gasteiger charge is -2.36. The molecular weight excluding hydrogens is 365 g/mol. The van der Waals surface area contributed by atoms with Gasteiger partial charge in [0.05, 0.1) is 9.95 Å². The number of hydrogen-bond acceptors (Lipinski definition) is 4. The van der Waals surface area contributed by atoms with Gasteiger partial charge in [0, 0.05) is 42.8 Å². The molecule has 130 valence electrons. The molecule has 1 fully saturated rings. The van der Waals surface area contributed by atoms with Crippen molar-refractivity contribution in [3.05, 3.63) is 68.2 Å². The SMILES string of the molecule is O=C(c1ccc(Cl)cc1)N1CCN(c2c(Cl)cccc2[N+](=O)[O-])CC1. The number of nitro groups is 1. The van der Waals surface area contributed by atoms with Crippen molar-refractivity contribution in [3.63, 3.8) is 0 Å². The minimum atomic E-state index is -0.438. The molecule has 2 aromatic rings. The van der Waals surface area contributed by atoms with E-state index in [1.54, 1.807) is 41.3 Å². The molecule has 0 radical (unpaired) electrons. The highest BCUT2D eigenvalue weighted by Gasteiger charge is 2.28. The van der Waals surface area contributed by atoms with Crippen LogP contribution in [0.2, 0.25) is 10.0 Å². The fraction of sp³-hybridized carbons (Fsp3) is 0.235. The number of benzene rings is 2. The van der Waals surface area contributed by atoms with E-state index in [2.05, 4.69) is 0 Å². The number of carbonyl (C=O) groups excluding carboxylic acids is 1. The lowest BCUT2D eigenvalue weighted by atomic mass is 10.1. The number of amides is 1. The highest BCUT2D eigenvalue weighted by molar-refractivity contribution is 6.33. The molecule has 25 heavy (non-hydrogen) atoms. The predicted octanol–water partition coefficient (Wildman–Crippen LogP) is 3.86. The van der Waals surface area contributed by atoms with Gasteiger partial charge in [0.2, 0.25) is 0 Å². The zero-order valence-corrected chi connectivity index (χ0v) is 14.7. The first-order valence-corrected chi connectivity index (χ1v) is 8.45. The third-order valence-electron chi connectivity index (χ3n) is 4.14. The Morgan fingerprint density at radius 2 is 1.64 bits per heavy atom. The lowest BCUT2D eigenvalue weighted by Crippen LogP contribution is -2.49. The Morgan fingerprint density at radius 3 is 2.24 bits per heavy atom. The van der Waals surface area contributed by atoms with Gasteiger partial charge in [-0.2, -0.15) is 0 Å². The Bertz CT molecular complexity index is 803. The van der Waals surface area contributed by atoms with E-state index in [-0.39, 0.29) is 11.6 Å². The van der Waals surface area contributed by atoms with E-state index < -0.39 is 4.92 Å². The van der Waals surface area contributed by atoms with Crippen LogP contribution in [0.3, 0.4) is 0 Å². The molecule has 8 heteroatoms. The molecular formula is C17H15Cl2N3O3. The fourth-order valence-electron chi connectivity index (χ4n) is 2.87. The number of nitrogens with zero attached hydrogens (tertiary/aromatic N) is 3. The highest BCUT2D eigenvalue weighted by atomic mass is 35.5. The molecule has 1 saturated heterocycles. The van der Waals surface area contributed by atoms with Crippen LogP contribution in [0.4, 0.5) is 11.4 Å². The zero-order chi connectivity index (χ0) is 18.0. The Kier molecular flexibility index (Phi) is 5.11. The van der Waals surface area contributed by atoms with E-state index in [1.807, 2.05) is 4.90 Å². The van der Waals surface area contributed by atoms with Crippen LogP contribution in [-0.2, 0) is 0 Å². The Labute approximate surface area is 154 Å². The summed E-state index contributed by atoms with van der Waals surface area (Å²) >= 11 is 12.0. The van der Waals surface area contributed by atoms with Crippen molar-refractivity contribution in [2.24, 2.45) is 0 Å². The van der Waals surface area contributed by atoms with E-state index in [0.717, 1.165) is 0 Å². The number of piperazine rings is 1. The second-order valence-corrected chi connectivity index (χ2v) is 6.49. The molecule has 0 bridgehead atoms. The van der Waals surface area contributed by atoms with Crippen molar-refractivity contribution in [2.75, 3.05) is 31.1 Å². The van der Waals surface area contributed by atoms with Crippen LogP contribution in [0, 0.1) is 10.1 Å². The van der Waals surface area contributed by atoms with Crippen molar-refractivity contribution in [1.82, 2.24) is 4.90 Å². The number of para-hydroxylation sites is 1. The smallest absolute Gasteiger partial charge is 0.294 e. The van der Waals surface area contributed by atoms with Gasteiger partial charge >= 0.3 is 0 Å². The van der Waals surface area contributed by atoms with Crippen molar-refractivity contribution < 1.29 is 9.72 Å². The molecule has 0 N–H and O–H groups in total. The zero-order valence-electron chi connectivity index (χ0n) is 13.2. The van der Waals surface area contributed by atoms with Gasteiger partial charge in [0.25, 0.3) is 11.6 Å². The normalized spacial score (nSPS) is 14.5. The Morgan fingerprint density at radius 1 is 1.00 bits per heavy atom. The number of rotatable bonds is 3. The van der Waals surface area contributed by atoms with Crippen molar-refractivity contribution >= 4 is 40.5 Å². The van der Waals surface area contributed by atoms with Gasteiger partial charge in [0.15, 0.2) is 0 Å². The summed E-state index contributed by atoms with van der Waals surface area (Å²) in [5, 5.41) is 12.2. The monoisotopic (exact) mass is 379 g/mol. The molecule has 1 heterocycles. The second-order valence-electron chi connectivity index (χ2n) is 5.65. The third-order valence-corrected chi connectivity index (χ3v) is 4.69. The molecule has 0 aliphatic carbocycles. The van der Waals surface area contributed by atoms with Crippen LogP contribution < -0.4 is 4.90 Å². The summed E-state index contributed by atoms with van der Waals surface area (Å²) in [6.07, 6.45) is 0. The number of nitro benzene ring substituents is 1. The van der Waals surface area contributed by atoms with Gasteiger partial charge in [-0.15, -0.1) is 0 Å². The minimum absolute atomic E-state index is 0.0232. The molecule has 0 saturated carbocycles. The molecule has 0 unspecified atom stereocenters. The topological polar surface area (TPSA) is 66.7 Å². The third kappa shape index (κ3) is 3.70. The first-order chi connectivity index (χ1) is 12.0. The van der Waals surface area contributed by atoms with Crippen LogP contribution in [0.15, 0.2) is 42.5 Å². The van der Waals surface area contributed by atoms with Gasteiger partial charge in [-0.05, 0) is 30.3 Å². The molecule has 0 atom stereocenters. The van der Waals surface area contributed by atoms with Crippen LogP contribution in [-0.4, -0.2) is 41.9 Å². The number of anilines is 1. The van der Waals surface area contributed by atoms with Gasteiger partial charge in [-0.1, -0.05) is 29.3 Å². The molecule has 6 nitrogen and oxygen atoms in total. The van der Waals surface area contributed by atoms with E-state index >= 15 is 0 Å².